The summed E-state index contributed by atoms with van der Waals surface area (Å²) in [6, 6.07) is 8.26. The van der Waals surface area contributed by atoms with Crippen LogP contribution >= 0.6 is 0 Å². The van der Waals surface area contributed by atoms with Crippen LogP contribution in [0.2, 0.25) is 0 Å². The van der Waals surface area contributed by atoms with Crippen LogP contribution in [0.3, 0.4) is 0 Å². The number of fused-ring (bicyclic) bond motifs is 1. The number of piperidine rings is 1. The van der Waals surface area contributed by atoms with Crippen LogP contribution < -0.4 is 5.32 Å². The number of rotatable bonds is 4. The summed E-state index contributed by atoms with van der Waals surface area (Å²) < 4.78 is 0. The first-order chi connectivity index (χ1) is 14.1. The molecule has 1 aromatic rings. The average Bonchev–Trinajstić information content (AvgIpc) is 2.74. The highest BCUT2D eigenvalue weighted by Gasteiger charge is 2.37. The molecule has 0 radical (unpaired) electrons. The largest absolute Gasteiger partial charge is 0.352 e. The summed E-state index contributed by atoms with van der Waals surface area (Å²) >= 11 is 0. The molecule has 1 atom stereocenters. The third-order valence-electron chi connectivity index (χ3n) is 7.03. The van der Waals surface area contributed by atoms with Crippen LogP contribution in [0.25, 0.3) is 0 Å². The normalized spacial score (nSPS) is 24.2. The van der Waals surface area contributed by atoms with E-state index < -0.39 is 0 Å². The Bertz CT molecular complexity index is 721. The molecule has 5 heteroatoms. The number of carbonyl (C=O) groups is 2. The molecule has 2 heterocycles. The van der Waals surface area contributed by atoms with Crippen molar-refractivity contribution in [3.05, 3.63) is 35.4 Å². The van der Waals surface area contributed by atoms with E-state index in [0.29, 0.717) is 18.5 Å². The number of carbonyl (C=O) groups excluding carboxylic acids is 2. The predicted octanol–water partition coefficient (Wildman–Crippen LogP) is 3.29. The fraction of sp³-hybridized carbons (Fsp3) is 0.667. The van der Waals surface area contributed by atoms with Gasteiger partial charge in [0.2, 0.25) is 11.8 Å². The van der Waals surface area contributed by atoms with Crippen LogP contribution in [0.5, 0.6) is 0 Å². The van der Waals surface area contributed by atoms with E-state index in [1.807, 2.05) is 17.0 Å². The second-order valence-corrected chi connectivity index (χ2v) is 9.23. The molecular formula is C24H35N3O2. The molecule has 158 valence electrons. The summed E-state index contributed by atoms with van der Waals surface area (Å²) in [5.74, 6) is 0.936. The molecule has 1 saturated carbocycles. The van der Waals surface area contributed by atoms with E-state index in [2.05, 4.69) is 29.3 Å². The third-order valence-corrected chi connectivity index (χ3v) is 7.03. The monoisotopic (exact) mass is 397 g/mol. The Labute approximate surface area is 174 Å². The Hall–Kier alpha value is -1.88. The molecule has 3 aliphatic rings. The molecule has 1 aromatic carbocycles. The second-order valence-electron chi connectivity index (χ2n) is 9.23. The maximum atomic E-state index is 13.6. The van der Waals surface area contributed by atoms with Crippen molar-refractivity contribution in [2.75, 3.05) is 26.2 Å². The number of nitrogens with one attached hydrogen (secondary N) is 1. The van der Waals surface area contributed by atoms with E-state index in [1.165, 1.54) is 24.8 Å². The minimum Gasteiger partial charge on any atom is -0.352 e. The summed E-state index contributed by atoms with van der Waals surface area (Å²) in [4.78, 5) is 30.5. The SMILES string of the molecule is CC1CCN(C(=O)[C@H]2c3ccccc3CCN2CC(=O)NC2CCCCC2)CC1. The molecular weight excluding hydrogens is 362 g/mol. The molecule has 4 rings (SSSR count). The van der Waals surface area contributed by atoms with Gasteiger partial charge in [0.1, 0.15) is 6.04 Å². The van der Waals surface area contributed by atoms with Crippen molar-refractivity contribution < 1.29 is 9.59 Å². The molecule has 2 aliphatic heterocycles. The first-order valence-corrected chi connectivity index (χ1v) is 11.5. The molecule has 0 bridgehead atoms. The molecule has 1 saturated heterocycles. The van der Waals surface area contributed by atoms with Crippen molar-refractivity contribution in [1.29, 1.82) is 0 Å². The number of benzene rings is 1. The number of likely N-dealkylation sites (tertiary alicyclic amines) is 1. The fourth-order valence-corrected chi connectivity index (χ4v) is 5.18. The van der Waals surface area contributed by atoms with Crippen molar-refractivity contribution in [3.8, 4) is 0 Å². The predicted molar refractivity (Wildman–Crippen MR) is 114 cm³/mol. The first kappa shape index (κ1) is 20.4. The summed E-state index contributed by atoms with van der Waals surface area (Å²) in [6.45, 7) is 5.00. The van der Waals surface area contributed by atoms with E-state index in [9.17, 15) is 9.59 Å². The lowest BCUT2D eigenvalue weighted by Crippen LogP contribution is -2.51. The smallest absolute Gasteiger partial charge is 0.244 e. The van der Waals surface area contributed by atoms with Gasteiger partial charge in [-0.25, -0.2) is 0 Å². The van der Waals surface area contributed by atoms with Gasteiger partial charge in [-0.2, -0.15) is 0 Å². The zero-order valence-corrected chi connectivity index (χ0v) is 17.7. The lowest BCUT2D eigenvalue weighted by atomic mass is 9.90. The third kappa shape index (κ3) is 4.82. The summed E-state index contributed by atoms with van der Waals surface area (Å²) in [5.41, 5.74) is 2.34. The Morgan fingerprint density at radius 3 is 2.48 bits per heavy atom. The van der Waals surface area contributed by atoms with Crippen LogP contribution in [-0.2, 0) is 16.0 Å². The Kier molecular flexibility index (Phi) is 6.53. The quantitative estimate of drug-likeness (QED) is 0.848. The number of hydrogen-bond acceptors (Lipinski definition) is 3. The lowest BCUT2D eigenvalue weighted by molar-refractivity contribution is -0.140. The summed E-state index contributed by atoms with van der Waals surface area (Å²) in [7, 11) is 0. The topological polar surface area (TPSA) is 52.7 Å². The molecule has 0 unspecified atom stereocenters. The Balaban J connectivity index is 1.49. The van der Waals surface area contributed by atoms with Crippen molar-refractivity contribution >= 4 is 11.8 Å². The first-order valence-electron chi connectivity index (χ1n) is 11.5. The highest BCUT2D eigenvalue weighted by atomic mass is 16.2. The van der Waals surface area contributed by atoms with E-state index in [0.717, 1.165) is 57.3 Å². The average molecular weight is 398 g/mol. The fourth-order valence-electron chi connectivity index (χ4n) is 5.18. The van der Waals surface area contributed by atoms with Crippen LogP contribution in [0, 0.1) is 5.92 Å². The summed E-state index contributed by atoms with van der Waals surface area (Å²) in [5, 5.41) is 3.23. The second kappa shape index (κ2) is 9.29. The molecule has 1 N–H and O–H groups in total. The van der Waals surface area contributed by atoms with Crippen LogP contribution in [0.4, 0.5) is 0 Å². The van der Waals surface area contributed by atoms with Gasteiger partial charge in [-0.05, 0) is 49.1 Å². The molecule has 29 heavy (non-hydrogen) atoms. The van der Waals surface area contributed by atoms with Gasteiger partial charge < -0.3 is 10.2 Å². The van der Waals surface area contributed by atoms with Crippen molar-refractivity contribution in [2.45, 2.75) is 70.4 Å². The van der Waals surface area contributed by atoms with E-state index >= 15 is 0 Å². The number of hydrogen-bond donors (Lipinski definition) is 1. The van der Waals surface area contributed by atoms with Gasteiger partial charge in [0.25, 0.3) is 0 Å². The minimum absolute atomic E-state index is 0.0707. The van der Waals surface area contributed by atoms with Gasteiger partial charge in [-0.3, -0.25) is 14.5 Å². The highest BCUT2D eigenvalue weighted by Crippen LogP contribution is 2.32. The maximum absolute atomic E-state index is 13.6. The van der Waals surface area contributed by atoms with Gasteiger partial charge in [-0.15, -0.1) is 0 Å². The van der Waals surface area contributed by atoms with Crippen molar-refractivity contribution in [1.82, 2.24) is 15.1 Å². The molecule has 5 nitrogen and oxygen atoms in total. The number of nitrogens with zero attached hydrogens (tertiary/aromatic N) is 2. The molecule has 0 spiro atoms. The minimum atomic E-state index is -0.328. The number of amides is 2. The van der Waals surface area contributed by atoms with Crippen molar-refractivity contribution in [3.63, 3.8) is 0 Å². The van der Waals surface area contributed by atoms with Gasteiger partial charge in [0.15, 0.2) is 0 Å². The van der Waals surface area contributed by atoms with Gasteiger partial charge in [-0.1, -0.05) is 50.5 Å². The zero-order chi connectivity index (χ0) is 20.2. The standard InChI is InChI=1S/C24H35N3O2/c1-18-11-14-26(15-12-18)24(29)23-21-10-6-5-7-19(21)13-16-27(23)17-22(28)25-20-8-3-2-4-9-20/h5-7,10,18,20,23H,2-4,8-9,11-17H2,1H3,(H,25,28)/t23-/m1/s1. The Morgan fingerprint density at radius 2 is 1.72 bits per heavy atom. The van der Waals surface area contributed by atoms with Crippen LogP contribution in [0.1, 0.15) is 69.0 Å². The van der Waals surface area contributed by atoms with Gasteiger partial charge in [0.05, 0.1) is 6.54 Å². The lowest BCUT2D eigenvalue weighted by Gasteiger charge is -2.40. The van der Waals surface area contributed by atoms with E-state index in [1.54, 1.807) is 0 Å². The molecule has 2 fully saturated rings. The molecule has 0 aromatic heterocycles. The van der Waals surface area contributed by atoms with E-state index in [4.69, 9.17) is 0 Å². The molecule has 2 amide bonds. The highest BCUT2D eigenvalue weighted by molar-refractivity contribution is 5.85. The Morgan fingerprint density at radius 1 is 1.00 bits per heavy atom. The van der Waals surface area contributed by atoms with Crippen LogP contribution in [-0.4, -0.2) is 53.8 Å². The van der Waals surface area contributed by atoms with Crippen LogP contribution in [0.15, 0.2) is 24.3 Å². The zero-order valence-electron chi connectivity index (χ0n) is 17.7. The summed E-state index contributed by atoms with van der Waals surface area (Å²) in [6.07, 6.45) is 8.90. The molecule has 1 aliphatic carbocycles. The van der Waals surface area contributed by atoms with Gasteiger partial charge >= 0.3 is 0 Å². The maximum Gasteiger partial charge on any atom is 0.244 e. The van der Waals surface area contributed by atoms with Crippen molar-refractivity contribution in [2.24, 2.45) is 5.92 Å². The van der Waals surface area contributed by atoms with E-state index in [-0.39, 0.29) is 17.9 Å². The van der Waals surface area contributed by atoms with Gasteiger partial charge in [0, 0.05) is 25.7 Å².